The van der Waals surface area contributed by atoms with Crippen molar-refractivity contribution in [2.75, 3.05) is 25.1 Å². The highest BCUT2D eigenvalue weighted by Gasteiger charge is 2.23. The summed E-state index contributed by atoms with van der Waals surface area (Å²) in [4.78, 5) is 27.8. The molecule has 34 heavy (non-hydrogen) atoms. The molecule has 174 valence electrons. The van der Waals surface area contributed by atoms with Crippen LogP contribution in [-0.4, -0.2) is 44.6 Å². The Kier molecular flexibility index (Phi) is 5.63. The van der Waals surface area contributed by atoms with Gasteiger partial charge in [0.25, 0.3) is 0 Å². The Hall–Kier alpha value is -3.27. The monoisotopic (exact) mass is 499 g/mol. The van der Waals surface area contributed by atoms with Gasteiger partial charge in [0.2, 0.25) is 5.95 Å². The lowest BCUT2D eigenvalue weighted by Crippen LogP contribution is -2.27. The normalized spacial score (nSPS) is 15.2. The van der Waals surface area contributed by atoms with Crippen LogP contribution in [-0.2, 0) is 12.8 Å². The molecule has 3 N–H and O–H groups in total. The fourth-order valence-electron chi connectivity index (χ4n) is 4.19. The standard InChI is InChI=1S/C23H20Cl2FN7O/c1-32(2)15-6-11-3-4-14(5-12(11)7-15)29-22-28-10-16-20(27)33(23(34)31-21(16)30-22)19-17(24)8-13(26)9-18(19)25/h3-5,8-10,15H,6-7,27H2,1-2H3,(H,29,30,31,34)/t15-/m1/s1. The van der Waals surface area contributed by atoms with E-state index in [4.69, 9.17) is 28.9 Å². The molecule has 1 aliphatic rings. The van der Waals surface area contributed by atoms with Crippen LogP contribution in [0.15, 0.2) is 41.3 Å². The van der Waals surface area contributed by atoms with Crippen molar-refractivity contribution < 1.29 is 4.39 Å². The third-order valence-electron chi connectivity index (χ3n) is 5.99. The first-order chi connectivity index (χ1) is 16.2. The van der Waals surface area contributed by atoms with Gasteiger partial charge in [-0.2, -0.15) is 9.97 Å². The zero-order valence-electron chi connectivity index (χ0n) is 18.3. The Morgan fingerprint density at radius 2 is 1.82 bits per heavy atom. The fourth-order valence-corrected chi connectivity index (χ4v) is 4.82. The topological polar surface area (TPSA) is 102 Å². The first-order valence-corrected chi connectivity index (χ1v) is 11.2. The number of aromatic nitrogens is 4. The number of benzene rings is 2. The van der Waals surface area contributed by atoms with E-state index in [-0.39, 0.29) is 33.1 Å². The number of halogens is 3. The van der Waals surface area contributed by atoms with E-state index >= 15 is 0 Å². The molecule has 0 saturated carbocycles. The number of hydrogen-bond donors (Lipinski definition) is 2. The molecule has 11 heteroatoms. The van der Waals surface area contributed by atoms with E-state index in [0.717, 1.165) is 35.2 Å². The molecule has 0 radical (unpaired) electrons. The molecule has 0 fully saturated rings. The van der Waals surface area contributed by atoms with Crippen LogP contribution >= 0.6 is 23.2 Å². The molecule has 1 aliphatic carbocycles. The molecule has 0 aliphatic heterocycles. The molecule has 2 heterocycles. The highest BCUT2D eigenvalue weighted by Crippen LogP contribution is 2.32. The van der Waals surface area contributed by atoms with Crippen LogP contribution in [0.25, 0.3) is 16.7 Å². The summed E-state index contributed by atoms with van der Waals surface area (Å²) in [6, 6.07) is 8.74. The lowest BCUT2D eigenvalue weighted by Gasteiger charge is -2.17. The van der Waals surface area contributed by atoms with Gasteiger partial charge < -0.3 is 16.0 Å². The van der Waals surface area contributed by atoms with Crippen LogP contribution in [0.2, 0.25) is 10.0 Å². The van der Waals surface area contributed by atoms with E-state index in [1.54, 1.807) is 0 Å². The predicted octanol–water partition coefficient (Wildman–Crippen LogP) is 3.98. The van der Waals surface area contributed by atoms with E-state index in [0.29, 0.717) is 11.4 Å². The van der Waals surface area contributed by atoms with Crippen molar-refractivity contribution in [1.82, 2.24) is 24.4 Å². The zero-order chi connectivity index (χ0) is 24.1. The van der Waals surface area contributed by atoms with Crippen LogP contribution in [0, 0.1) is 5.82 Å². The van der Waals surface area contributed by atoms with Gasteiger partial charge in [0.05, 0.1) is 21.1 Å². The highest BCUT2D eigenvalue weighted by atomic mass is 35.5. The molecule has 5 rings (SSSR count). The lowest BCUT2D eigenvalue weighted by atomic mass is 10.1. The second-order valence-corrected chi connectivity index (χ2v) is 9.21. The minimum Gasteiger partial charge on any atom is -0.384 e. The van der Waals surface area contributed by atoms with Gasteiger partial charge in [-0.25, -0.2) is 18.7 Å². The van der Waals surface area contributed by atoms with Crippen molar-refractivity contribution >= 4 is 51.7 Å². The number of nitrogens with one attached hydrogen (secondary N) is 1. The van der Waals surface area contributed by atoms with Gasteiger partial charge >= 0.3 is 5.69 Å². The number of hydrogen-bond acceptors (Lipinski definition) is 7. The molecule has 2 aromatic heterocycles. The molecule has 4 aromatic rings. The second-order valence-electron chi connectivity index (χ2n) is 8.40. The molecule has 0 bridgehead atoms. The molecule has 0 spiro atoms. The molecule has 2 aromatic carbocycles. The van der Waals surface area contributed by atoms with Gasteiger partial charge in [-0.05, 0) is 62.3 Å². The van der Waals surface area contributed by atoms with E-state index in [1.165, 1.54) is 17.3 Å². The van der Waals surface area contributed by atoms with Crippen LogP contribution < -0.4 is 16.7 Å². The quantitative estimate of drug-likeness (QED) is 0.437. The summed E-state index contributed by atoms with van der Waals surface area (Å²) in [6.45, 7) is 0. The maximum atomic E-state index is 13.6. The summed E-state index contributed by atoms with van der Waals surface area (Å²) in [5.41, 5.74) is 9.08. The van der Waals surface area contributed by atoms with Crippen LogP contribution in [0.5, 0.6) is 0 Å². The largest absolute Gasteiger partial charge is 0.384 e. The first-order valence-electron chi connectivity index (χ1n) is 10.5. The van der Waals surface area contributed by atoms with Crippen molar-refractivity contribution in [3.63, 3.8) is 0 Å². The summed E-state index contributed by atoms with van der Waals surface area (Å²) in [7, 11) is 4.17. The number of nitrogen functional groups attached to an aromatic ring is 1. The zero-order valence-corrected chi connectivity index (χ0v) is 19.8. The number of fused-ring (bicyclic) bond motifs is 2. The van der Waals surface area contributed by atoms with Gasteiger partial charge in [-0.15, -0.1) is 0 Å². The van der Waals surface area contributed by atoms with Crippen LogP contribution in [0.4, 0.5) is 21.8 Å². The average molecular weight is 500 g/mol. The number of likely N-dealkylation sites (N-methyl/N-ethyl adjacent to an activating group) is 1. The average Bonchev–Trinajstić information content (AvgIpc) is 3.19. The lowest BCUT2D eigenvalue weighted by molar-refractivity contribution is 0.303. The number of nitrogens with two attached hydrogens (primary N) is 1. The van der Waals surface area contributed by atoms with Gasteiger partial charge in [-0.3, -0.25) is 0 Å². The number of nitrogens with zero attached hydrogens (tertiary/aromatic N) is 5. The Bertz CT molecular complexity index is 1480. The molecule has 0 saturated heterocycles. The van der Waals surface area contributed by atoms with Crippen molar-refractivity contribution in [3.8, 4) is 5.69 Å². The Balaban J connectivity index is 1.50. The highest BCUT2D eigenvalue weighted by molar-refractivity contribution is 6.37. The summed E-state index contributed by atoms with van der Waals surface area (Å²) in [5.74, 6) is -0.373. The summed E-state index contributed by atoms with van der Waals surface area (Å²) in [6.07, 6.45) is 3.46. The molecule has 0 amide bonds. The Labute approximate surface area is 204 Å². The molecule has 1 atom stereocenters. The summed E-state index contributed by atoms with van der Waals surface area (Å²) in [5, 5.41) is 3.34. The molecule has 0 unspecified atom stereocenters. The molecular formula is C23H20Cl2FN7O. The summed E-state index contributed by atoms with van der Waals surface area (Å²) >= 11 is 12.3. The van der Waals surface area contributed by atoms with Gasteiger partial charge in [0.15, 0.2) is 5.65 Å². The first kappa shape index (κ1) is 22.5. The van der Waals surface area contributed by atoms with Gasteiger partial charge in [0, 0.05) is 17.9 Å². The van der Waals surface area contributed by atoms with Crippen molar-refractivity contribution in [3.05, 3.63) is 74.0 Å². The SMILES string of the molecule is CN(C)[C@@H]1Cc2ccc(Nc3ncc4c(N)n(-c5c(Cl)cc(F)cc5Cl)c(=O)nc4n3)cc2C1. The molecular weight excluding hydrogens is 480 g/mol. The number of anilines is 3. The smallest absolute Gasteiger partial charge is 0.355 e. The van der Waals surface area contributed by atoms with Crippen molar-refractivity contribution in [2.24, 2.45) is 0 Å². The van der Waals surface area contributed by atoms with Crippen molar-refractivity contribution in [2.45, 2.75) is 18.9 Å². The van der Waals surface area contributed by atoms with Gasteiger partial charge in [0.1, 0.15) is 11.6 Å². The van der Waals surface area contributed by atoms with E-state index in [9.17, 15) is 9.18 Å². The van der Waals surface area contributed by atoms with Crippen LogP contribution in [0.3, 0.4) is 0 Å². The third kappa shape index (κ3) is 3.96. The Morgan fingerprint density at radius 3 is 2.53 bits per heavy atom. The maximum Gasteiger partial charge on any atom is 0.355 e. The van der Waals surface area contributed by atoms with E-state index in [1.807, 2.05) is 6.07 Å². The fraction of sp³-hybridized carbons (Fsp3) is 0.217. The minimum absolute atomic E-state index is 0.00999. The minimum atomic E-state index is -0.752. The summed E-state index contributed by atoms with van der Waals surface area (Å²) < 4.78 is 14.6. The van der Waals surface area contributed by atoms with E-state index < -0.39 is 11.5 Å². The van der Waals surface area contributed by atoms with Crippen molar-refractivity contribution in [1.29, 1.82) is 0 Å². The third-order valence-corrected chi connectivity index (χ3v) is 6.56. The maximum absolute atomic E-state index is 13.6. The van der Waals surface area contributed by atoms with Crippen LogP contribution in [0.1, 0.15) is 11.1 Å². The predicted molar refractivity (Wildman–Crippen MR) is 132 cm³/mol. The van der Waals surface area contributed by atoms with Gasteiger partial charge in [-0.1, -0.05) is 29.3 Å². The number of rotatable bonds is 4. The van der Waals surface area contributed by atoms with E-state index in [2.05, 4.69) is 51.4 Å². The molecule has 8 nitrogen and oxygen atoms in total. The second kappa shape index (κ2) is 8.50. The Morgan fingerprint density at radius 1 is 1.12 bits per heavy atom.